The molecule has 2 N–H and O–H groups in total. The number of aromatic nitrogens is 1. The molecule has 0 aliphatic carbocycles. The molecule has 1 heterocycles. The highest BCUT2D eigenvalue weighted by Gasteiger charge is 2.32. The number of phenolic OH excluding ortho intramolecular Hbond substituents is 1. The Morgan fingerprint density at radius 2 is 1.56 bits per heavy atom. The molecule has 1 atom stereocenters. The van der Waals surface area contributed by atoms with Gasteiger partial charge < -0.3 is 10.4 Å². The summed E-state index contributed by atoms with van der Waals surface area (Å²) in [6.45, 7) is 5.27. The quantitative estimate of drug-likeness (QED) is 0.257. The maximum absolute atomic E-state index is 10.1. The van der Waals surface area contributed by atoms with E-state index < -0.39 is 0 Å². The van der Waals surface area contributed by atoms with Gasteiger partial charge in [0.15, 0.2) is 5.13 Å². The van der Waals surface area contributed by atoms with Gasteiger partial charge in [0.25, 0.3) is 0 Å². The number of nitrogens with one attached hydrogen (secondary N) is 1. The minimum absolute atomic E-state index is 0.116. The summed E-state index contributed by atoms with van der Waals surface area (Å²) in [5, 5.41) is 19.2. The lowest BCUT2D eigenvalue weighted by Gasteiger charge is -2.35. The lowest BCUT2D eigenvalue weighted by molar-refractivity contribution is 0.339. The number of hydrogen-bond donors (Lipinski definition) is 2. The average molecular weight is 465 g/mol. The Hall–Kier alpha value is -3.63. The second kappa shape index (κ2) is 9.32. The smallest absolute Gasteiger partial charge is 0.183 e. The van der Waals surface area contributed by atoms with Gasteiger partial charge in [0, 0.05) is 23.4 Å². The lowest BCUT2D eigenvalue weighted by Crippen LogP contribution is -2.31. The zero-order valence-electron chi connectivity index (χ0n) is 19.4. The molecule has 4 aromatic carbocycles. The third-order valence-electron chi connectivity index (χ3n) is 6.38. The second-order valence-corrected chi connectivity index (χ2v) is 10.2. The van der Waals surface area contributed by atoms with Crippen molar-refractivity contribution in [2.24, 2.45) is 5.41 Å². The number of anilines is 1. The van der Waals surface area contributed by atoms with Crippen LogP contribution in [-0.4, -0.2) is 16.6 Å². The van der Waals surface area contributed by atoms with Crippen molar-refractivity contribution in [3.63, 3.8) is 0 Å². The number of rotatable bonds is 7. The van der Waals surface area contributed by atoms with Crippen molar-refractivity contribution in [1.29, 1.82) is 0 Å². The van der Waals surface area contributed by atoms with E-state index in [0.717, 1.165) is 28.5 Å². The highest BCUT2D eigenvalue weighted by molar-refractivity contribution is 7.14. The van der Waals surface area contributed by atoms with Crippen molar-refractivity contribution in [2.45, 2.75) is 19.8 Å². The Morgan fingerprint density at radius 1 is 0.853 bits per heavy atom. The summed E-state index contributed by atoms with van der Waals surface area (Å²) >= 11 is 1.64. The molecule has 0 radical (unpaired) electrons. The Bertz CT molecular complexity index is 1400. The number of benzene rings is 4. The summed E-state index contributed by atoms with van der Waals surface area (Å²) in [7, 11) is 0. The van der Waals surface area contributed by atoms with Crippen LogP contribution in [0.3, 0.4) is 0 Å². The van der Waals surface area contributed by atoms with Gasteiger partial charge in [-0.15, -0.1) is 11.3 Å². The van der Waals surface area contributed by atoms with Crippen LogP contribution in [0.5, 0.6) is 5.75 Å². The molecule has 0 spiro atoms. The van der Waals surface area contributed by atoms with Crippen LogP contribution in [0.25, 0.3) is 22.0 Å². The van der Waals surface area contributed by atoms with Crippen LogP contribution in [0.15, 0.2) is 102 Å². The zero-order chi connectivity index (χ0) is 23.5. The average Bonchev–Trinajstić information content (AvgIpc) is 3.32. The van der Waals surface area contributed by atoms with Gasteiger partial charge in [0.2, 0.25) is 0 Å². The first-order chi connectivity index (χ1) is 16.5. The molecule has 5 aromatic rings. The van der Waals surface area contributed by atoms with E-state index in [1.54, 1.807) is 17.4 Å². The molecule has 0 fully saturated rings. The molecule has 3 nitrogen and oxygen atoms in total. The molecule has 0 amide bonds. The van der Waals surface area contributed by atoms with Gasteiger partial charge in [0.05, 0.1) is 5.69 Å². The van der Waals surface area contributed by atoms with Crippen LogP contribution < -0.4 is 5.32 Å². The van der Waals surface area contributed by atoms with E-state index in [-0.39, 0.29) is 11.3 Å². The molecule has 0 aliphatic rings. The highest BCUT2D eigenvalue weighted by Crippen LogP contribution is 2.42. The third-order valence-corrected chi connectivity index (χ3v) is 7.18. The molecule has 1 aromatic heterocycles. The first kappa shape index (κ1) is 22.2. The standard InChI is InChI=1S/C30H28N2OS/c1-30(2,28(22-11-4-3-5-12-22)23-14-8-15-24(33)18-23)20-31-29-32-27(19-34-29)26-17-9-13-21-10-6-7-16-25(21)26/h3-19,28,33H,20H2,1-2H3,(H,31,32). The second-order valence-electron chi connectivity index (χ2n) is 9.35. The fourth-order valence-electron chi connectivity index (χ4n) is 4.78. The summed E-state index contributed by atoms with van der Waals surface area (Å²) in [6.07, 6.45) is 0. The molecule has 1 unspecified atom stereocenters. The van der Waals surface area contributed by atoms with E-state index >= 15 is 0 Å². The predicted molar refractivity (Wildman–Crippen MR) is 144 cm³/mol. The van der Waals surface area contributed by atoms with Crippen molar-refractivity contribution in [2.75, 3.05) is 11.9 Å². The van der Waals surface area contributed by atoms with E-state index in [9.17, 15) is 5.11 Å². The number of aromatic hydroxyl groups is 1. The number of nitrogens with zero attached hydrogens (tertiary/aromatic N) is 1. The molecule has 0 saturated heterocycles. The van der Waals surface area contributed by atoms with Gasteiger partial charge in [-0.25, -0.2) is 4.98 Å². The minimum Gasteiger partial charge on any atom is -0.508 e. The molecule has 5 rings (SSSR count). The molecule has 4 heteroatoms. The van der Waals surface area contributed by atoms with Crippen molar-refractivity contribution < 1.29 is 5.11 Å². The van der Waals surface area contributed by atoms with Crippen LogP contribution in [0.1, 0.15) is 30.9 Å². The molecule has 0 bridgehead atoms. The topological polar surface area (TPSA) is 45.2 Å². The van der Waals surface area contributed by atoms with Crippen LogP contribution in [0.2, 0.25) is 0 Å². The van der Waals surface area contributed by atoms with Gasteiger partial charge in [-0.05, 0) is 39.4 Å². The van der Waals surface area contributed by atoms with Crippen molar-refractivity contribution in [3.8, 4) is 17.0 Å². The zero-order valence-corrected chi connectivity index (χ0v) is 20.2. The minimum atomic E-state index is -0.138. The van der Waals surface area contributed by atoms with Crippen molar-refractivity contribution >= 4 is 27.2 Å². The SMILES string of the molecule is CC(C)(CNc1nc(-c2cccc3ccccc23)cs1)C(c1ccccc1)c1cccc(O)c1. The van der Waals surface area contributed by atoms with Crippen LogP contribution in [0.4, 0.5) is 5.13 Å². The Labute approximate surface area is 204 Å². The van der Waals surface area contributed by atoms with E-state index in [4.69, 9.17) is 4.98 Å². The third kappa shape index (κ3) is 4.55. The number of hydrogen-bond acceptors (Lipinski definition) is 4. The Kier molecular flexibility index (Phi) is 6.08. The number of fused-ring (bicyclic) bond motifs is 1. The monoisotopic (exact) mass is 464 g/mol. The molecular weight excluding hydrogens is 436 g/mol. The molecule has 170 valence electrons. The van der Waals surface area contributed by atoms with Crippen molar-refractivity contribution in [3.05, 3.63) is 114 Å². The van der Waals surface area contributed by atoms with E-state index in [1.165, 1.54) is 16.3 Å². The summed E-state index contributed by atoms with van der Waals surface area (Å²) in [4.78, 5) is 4.92. The maximum Gasteiger partial charge on any atom is 0.183 e. The summed E-state index contributed by atoms with van der Waals surface area (Å²) in [6, 6.07) is 32.9. The Balaban J connectivity index is 1.41. The molecular formula is C30H28N2OS. The predicted octanol–water partition coefficient (Wildman–Crippen LogP) is 7.94. The maximum atomic E-state index is 10.1. The van der Waals surface area contributed by atoms with Crippen LogP contribution >= 0.6 is 11.3 Å². The van der Waals surface area contributed by atoms with Gasteiger partial charge in [-0.2, -0.15) is 0 Å². The molecule has 34 heavy (non-hydrogen) atoms. The number of thiazole rings is 1. The number of phenols is 1. The van der Waals surface area contributed by atoms with Crippen LogP contribution in [0, 0.1) is 5.41 Å². The normalized spacial score (nSPS) is 12.5. The molecule has 0 aliphatic heterocycles. The van der Waals surface area contributed by atoms with Gasteiger partial charge >= 0.3 is 0 Å². The van der Waals surface area contributed by atoms with Gasteiger partial charge in [0.1, 0.15) is 5.75 Å². The first-order valence-corrected chi connectivity index (χ1v) is 12.4. The summed E-state index contributed by atoms with van der Waals surface area (Å²) < 4.78 is 0. The molecule has 0 saturated carbocycles. The largest absolute Gasteiger partial charge is 0.508 e. The van der Waals surface area contributed by atoms with Crippen molar-refractivity contribution in [1.82, 2.24) is 4.98 Å². The Morgan fingerprint density at radius 3 is 2.38 bits per heavy atom. The van der Waals surface area contributed by atoms with E-state index in [1.807, 2.05) is 18.2 Å². The fraction of sp³-hybridized carbons (Fsp3) is 0.167. The summed E-state index contributed by atoms with van der Waals surface area (Å²) in [5.74, 6) is 0.410. The summed E-state index contributed by atoms with van der Waals surface area (Å²) in [5.41, 5.74) is 4.35. The van der Waals surface area contributed by atoms with E-state index in [0.29, 0.717) is 5.75 Å². The lowest BCUT2D eigenvalue weighted by atomic mass is 9.71. The van der Waals surface area contributed by atoms with Crippen LogP contribution in [-0.2, 0) is 0 Å². The fourth-order valence-corrected chi connectivity index (χ4v) is 5.49. The first-order valence-electron chi connectivity index (χ1n) is 11.5. The van der Waals surface area contributed by atoms with Gasteiger partial charge in [-0.3, -0.25) is 0 Å². The highest BCUT2D eigenvalue weighted by atomic mass is 32.1. The van der Waals surface area contributed by atoms with Gasteiger partial charge in [-0.1, -0.05) is 98.8 Å². The van der Waals surface area contributed by atoms with E-state index in [2.05, 4.69) is 97.3 Å².